The number of halogens is 4. The number of carbonyl (C=O) groups is 1. The molecule has 0 aliphatic heterocycles. The summed E-state index contributed by atoms with van der Waals surface area (Å²) in [6.07, 6.45) is -5.05. The summed E-state index contributed by atoms with van der Waals surface area (Å²) in [7, 11) is 0. The predicted molar refractivity (Wildman–Crippen MR) is 73.0 cm³/mol. The zero-order valence-corrected chi connectivity index (χ0v) is 11.7. The highest BCUT2D eigenvalue weighted by atomic mass is 35.5. The SMILES string of the molecule is Cc1ccc(Cl)cc1NC(=O)CNCCCC(F)(F)F. The fraction of sp³-hybridized carbons (Fsp3) is 0.462. The lowest BCUT2D eigenvalue weighted by atomic mass is 10.2. The molecule has 0 radical (unpaired) electrons. The van der Waals surface area contributed by atoms with Crippen LogP contribution in [0, 0.1) is 6.92 Å². The summed E-state index contributed by atoms with van der Waals surface area (Å²) < 4.78 is 35.7. The monoisotopic (exact) mass is 308 g/mol. The topological polar surface area (TPSA) is 41.1 Å². The minimum Gasteiger partial charge on any atom is -0.325 e. The Morgan fingerprint density at radius 2 is 2.05 bits per heavy atom. The Labute approximate surface area is 120 Å². The molecule has 0 fully saturated rings. The van der Waals surface area contributed by atoms with Gasteiger partial charge in [-0.05, 0) is 37.6 Å². The zero-order valence-electron chi connectivity index (χ0n) is 11.0. The van der Waals surface area contributed by atoms with Gasteiger partial charge in [-0.3, -0.25) is 4.79 Å². The van der Waals surface area contributed by atoms with Crippen molar-refractivity contribution in [3.05, 3.63) is 28.8 Å². The van der Waals surface area contributed by atoms with Crippen LogP contribution >= 0.6 is 11.6 Å². The third-order valence-corrected chi connectivity index (χ3v) is 2.81. The highest BCUT2D eigenvalue weighted by Gasteiger charge is 2.25. The van der Waals surface area contributed by atoms with E-state index in [4.69, 9.17) is 11.6 Å². The van der Waals surface area contributed by atoms with E-state index in [1.807, 2.05) is 6.92 Å². The van der Waals surface area contributed by atoms with Crippen molar-refractivity contribution in [3.8, 4) is 0 Å². The molecule has 0 bridgehead atoms. The summed E-state index contributed by atoms with van der Waals surface area (Å²) >= 11 is 5.82. The first-order chi connectivity index (χ1) is 9.28. The van der Waals surface area contributed by atoms with Gasteiger partial charge >= 0.3 is 6.18 Å². The van der Waals surface area contributed by atoms with Gasteiger partial charge in [-0.2, -0.15) is 13.2 Å². The van der Waals surface area contributed by atoms with Crippen molar-refractivity contribution >= 4 is 23.2 Å². The summed E-state index contributed by atoms with van der Waals surface area (Å²) in [5.41, 5.74) is 1.46. The number of amides is 1. The van der Waals surface area contributed by atoms with E-state index in [0.29, 0.717) is 10.7 Å². The van der Waals surface area contributed by atoms with Crippen LogP contribution in [0.15, 0.2) is 18.2 Å². The molecule has 7 heteroatoms. The number of alkyl halides is 3. The van der Waals surface area contributed by atoms with E-state index in [9.17, 15) is 18.0 Å². The van der Waals surface area contributed by atoms with Crippen molar-refractivity contribution in [1.82, 2.24) is 5.32 Å². The molecule has 112 valence electrons. The second-order valence-electron chi connectivity index (χ2n) is 4.40. The first-order valence-corrected chi connectivity index (χ1v) is 6.49. The van der Waals surface area contributed by atoms with Crippen LogP contribution in [-0.2, 0) is 4.79 Å². The van der Waals surface area contributed by atoms with Gasteiger partial charge in [-0.15, -0.1) is 0 Å². The molecule has 0 aliphatic rings. The smallest absolute Gasteiger partial charge is 0.325 e. The van der Waals surface area contributed by atoms with Gasteiger partial charge in [0.05, 0.1) is 6.54 Å². The van der Waals surface area contributed by atoms with Crippen LogP contribution in [-0.4, -0.2) is 25.2 Å². The fourth-order valence-electron chi connectivity index (χ4n) is 1.54. The van der Waals surface area contributed by atoms with Gasteiger partial charge in [0.25, 0.3) is 0 Å². The molecule has 0 atom stereocenters. The van der Waals surface area contributed by atoms with Crippen LogP contribution in [0.25, 0.3) is 0 Å². The Hall–Kier alpha value is -1.27. The van der Waals surface area contributed by atoms with Gasteiger partial charge in [-0.1, -0.05) is 17.7 Å². The van der Waals surface area contributed by atoms with Crippen LogP contribution in [0.4, 0.5) is 18.9 Å². The quantitative estimate of drug-likeness (QED) is 0.790. The molecule has 1 amide bonds. The molecule has 0 heterocycles. The molecular weight excluding hydrogens is 293 g/mol. The van der Waals surface area contributed by atoms with E-state index in [0.717, 1.165) is 5.56 Å². The molecule has 3 nitrogen and oxygen atoms in total. The van der Waals surface area contributed by atoms with E-state index in [-0.39, 0.29) is 25.4 Å². The standard InChI is InChI=1S/C13H16ClF3N2O/c1-9-3-4-10(14)7-11(9)19-12(20)8-18-6-2-5-13(15,16)17/h3-4,7,18H,2,5-6,8H2,1H3,(H,19,20). The van der Waals surface area contributed by atoms with Crippen molar-refractivity contribution in [3.63, 3.8) is 0 Å². The number of rotatable bonds is 6. The Morgan fingerprint density at radius 1 is 1.35 bits per heavy atom. The maximum atomic E-state index is 11.9. The van der Waals surface area contributed by atoms with E-state index in [2.05, 4.69) is 10.6 Å². The van der Waals surface area contributed by atoms with Crippen molar-refractivity contribution in [2.24, 2.45) is 0 Å². The number of carbonyl (C=O) groups excluding carboxylic acids is 1. The van der Waals surface area contributed by atoms with Crippen molar-refractivity contribution in [2.75, 3.05) is 18.4 Å². The summed E-state index contributed by atoms with van der Waals surface area (Å²) in [4.78, 5) is 11.6. The lowest BCUT2D eigenvalue weighted by Gasteiger charge is -2.10. The number of benzene rings is 1. The minimum absolute atomic E-state index is 0.0379. The molecule has 1 aromatic rings. The molecule has 0 spiro atoms. The molecule has 20 heavy (non-hydrogen) atoms. The van der Waals surface area contributed by atoms with Crippen LogP contribution in [0.5, 0.6) is 0 Å². The van der Waals surface area contributed by atoms with Gasteiger partial charge in [-0.25, -0.2) is 0 Å². The summed E-state index contributed by atoms with van der Waals surface area (Å²) in [6, 6.07) is 5.11. The van der Waals surface area contributed by atoms with Gasteiger partial charge in [0.15, 0.2) is 0 Å². The normalized spacial score (nSPS) is 11.4. The maximum absolute atomic E-state index is 11.9. The largest absolute Gasteiger partial charge is 0.389 e. The number of nitrogens with one attached hydrogen (secondary N) is 2. The lowest BCUT2D eigenvalue weighted by Crippen LogP contribution is -2.29. The van der Waals surface area contributed by atoms with Crippen LogP contribution in [0.3, 0.4) is 0 Å². The van der Waals surface area contributed by atoms with E-state index in [1.54, 1.807) is 18.2 Å². The number of anilines is 1. The number of hydrogen-bond donors (Lipinski definition) is 2. The Kier molecular flexibility index (Phi) is 6.29. The first kappa shape index (κ1) is 16.8. The third-order valence-electron chi connectivity index (χ3n) is 2.57. The molecule has 2 N–H and O–H groups in total. The highest BCUT2D eigenvalue weighted by Crippen LogP contribution is 2.21. The average molecular weight is 309 g/mol. The average Bonchev–Trinajstić information content (AvgIpc) is 2.32. The second-order valence-corrected chi connectivity index (χ2v) is 4.84. The number of hydrogen-bond acceptors (Lipinski definition) is 2. The lowest BCUT2D eigenvalue weighted by molar-refractivity contribution is -0.135. The molecular formula is C13H16ClF3N2O. The van der Waals surface area contributed by atoms with Crippen LogP contribution in [0.1, 0.15) is 18.4 Å². The van der Waals surface area contributed by atoms with E-state index < -0.39 is 12.6 Å². The first-order valence-electron chi connectivity index (χ1n) is 6.11. The van der Waals surface area contributed by atoms with E-state index in [1.165, 1.54) is 0 Å². The minimum atomic E-state index is -4.15. The van der Waals surface area contributed by atoms with Gasteiger partial charge in [0.2, 0.25) is 5.91 Å². The van der Waals surface area contributed by atoms with Crippen molar-refractivity contribution in [1.29, 1.82) is 0 Å². The zero-order chi connectivity index (χ0) is 15.2. The fourth-order valence-corrected chi connectivity index (χ4v) is 1.71. The van der Waals surface area contributed by atoms with E-state index >= 15 is 0 Å². The molecule has 0 unspecified atom stereocenters. The highest BCUT2D eigenvalue weighted by molar-refractivity contribution is 6.31. The molecule has 0 saturated carbocycles. The summed E-state index contributed by atoms with van der Waals surface area (Å²) in [5.74, 6) is -0.317. The molecule has 1 aromatic carbocycles. The van der Waals surface area contributed by atoms with Crippen molar-refractivity contribution < 1.29 is 18.0 Å². The Morgan fingerprint density at radius 3 is 2.70 bits per heavy atom. The summed E-state index contributed by atoms with van der Waals surface area (Å²) in [5, 5.41) is 5.82. The second kappa shape index (κ2) is 7.50. The van der Waals surface area contributed by atoms with Gasteiger partial charge in [0.1, 0.15) is 0 Å². The molecule has 1 rings (SSSR count). The maximum Gasteiger partial charge on any atom is 0.389 e. The third kappa shape index (κ3) is 6.77. The van der Waals surface area contributed by atoms with Crippen molar-refractivity contribution in [2.45, 2.75) is 25.9 Å². The number of aryl methyl sites for hydroxylation is 1. The van der Waals surface area contributed by atoms with Gasteiger partial charge in [0, 0.05) is 17.1 Å². The molecule has 0 saturated heterocycles. The molecule has 0 aliphatic carbocycles. The Bertz CT molecular complexity index is 463. The summed E-state index contributed by atoms with van der Waals surface area (Å²) in [6.45, 7) is 1.92. The predicted octanol–water partition coefficient (Wildman–Crippen LogP) is 3.52. The Balaban J connectivity index is 2.29. The van der Waals surface area contributed by atoms with Gasteiger partial charge < -0.3 is 10.6 Å². The molecule has 0 aromatic heterocycles. The van der Waals surface area contributed by atoms with Crippen LogP contribution in [0.2, 0.25) is 5.02 Å². The van der Waals surface area contributed by atoms with Crippen LogP contribution < -0.4 is 10.6 Å².